The summed E-state index contributed by atoms with van der Waals surface area (Å²) in [6.07, 6.45) is 13.0. The summed E-state index contributed by atoms with van der Waals surface area (Å²) in [4.78, 5) is 12.3. The molecule has 0 aromatic heterocycles. The van der Waals surface area contributed by atoms with Crippen LogP contribution < -0.4 is 0 Å². The third kappa shape index (κ3) is 5.67. The molecule has 0 saturated heterocycles. The Balaban J connectivity index is 2.37. The van der Waals surface area contributed by atoms with Gasteiger partial charge in [-0.05, 0) is 37.3 Å². The van der Waals surface area contributed by atoms with Gasteiger partial charge in [-0.3, -0.25) is 4.79 Å². The van der Waals surface area contributed by atoms with Crippen LogP contribution in [-0.4, -0.2) is 10.9 Å². The number of hydrogen-bond donors (Lipinski definition) is 1. The number of unbranched alkanes of at least 4 members (excludes halogenated alkanes) is 8. The molecule has 1 rings (SSSR count). The number of carbonyl (C=O) groups excluding carboxylic acids is 1. The first-order valence-electron chi connectivity index (χ1n) is 9.40. The summed E-state index contributed by atoms with van der Waals surface area (Å²) in [7, 11) is 0. The average Bonchev–Trinajstić information content (AvgIpc) is 2.55. The largest absolute Gasteiger partial charge is 0.504 e. The van der Waals surface area contributed by atoms with Crippen LogP contribution in [0.2, 0.25) is 0 Å². The topological polar surface area (TPSA) is 37.3 Å². The summed E-state index contributed by atoms with van der Waals surface area (Å²) in [5, 5.41) is 9.98. The number of Topliss-reactive ketones (excluding diaryl/α,β-unsaturated/α-hetero) is 1. The van der Waals surface area contributed by atoms with Gasteiger partial charge in [0.05, 0.1) is 0 Å². The zero-order valence-electron chi connectivity index (χ0n) is 15.3. The smallest absolute Gasteiger partial charge is 0.223 e. The van der Waals surface area contributed by atoms with Crippen LogP contribution in [0.25, 0.3) is 0 Å². The first-order valence-corrected chi connectivity index (χ1v) is 9.40. The summed E-state index contributed by atoms with van der Waals surface area (Å²) in [6, 6.07) is 0. The Hall–Kier alpha value is -1.31. The molecule has 0 unspecified atom stereocenters. The van der Waals surface area contributed by atoms with Crippen molar-refractivity contribution in [1.29, 1.82) is 0 Å². The van der Waals surface area contributed by atoms with E-state index in [1.807, 2.05) is 0 Å². The van der Waals surface area contributed by atoms with E-state index in [4.69, 9.17) is 0 Å². The molecule has 130 valence electrons. The van der Waals surface area contributed by atoms with Crippen LogP contribution in [0.4, 0.5) is 0 Å². The van der Waals surface area contributed by atoms with Crippen LogP contribution in [0.15, 0.2) is 34.6 Å². The van der Waals surface area contributed by atoms with E-state index in [0.717, 1.165) is 42.4 Å². The zero-order chi connectivity index (χ0) is 17.2. The Labute approximate surface area is 142 Å². The standard InChI is InChI=1S/C21H34O2/c1-5-7-8-9-10-11-12-13-14-15-19-18(6-2)16(3)17(4)20(22)21(19)23/h22H,3,5-15H2,1-2,4H3. The molecule has 1 N–H and O–H groups in total. The molecular formula is C21H34O2. The summed E-state index contributed by atoms with van der Waals surface area (Å²) in [6.45, 7) is 10.1. The van der Waals surface area contributed by atoms with Crippen LogP contribution >= 0.6 is 0 Å². The molecule has 0 radical (unpaired) electrons. The predicted octanol–water partition coefficient (Wildman–Crippen LogP) is 6.58. The summed E-state index contributed by atoms with van der Waals surface area (Å²) >= 11 is 0. The van der Waals surface area contributed by atoms with Crippen LogP contribution in [0, 0.1) is 0 Å². The second kappa shape index (κ2) is 10.5. The Morgan fingerprint density at radius 2 is 1.39 bits per heavy atom. The lowest BCUT2D eigenvalue weighted by Crippen LogP contribution is -2.17. The molecule has 0 fully saturated rings. The quantitative estimate of drug-likeness (QED) is 0.436. The molecule has 0 heterocycles. The lowest BCUT2D eigenvalue weighted by atomic mass is 9.83. The van der Waals surface area contributed by atoms with Crippen molar-refractivity contribution in [2.24, 2.45) is 0 Å². The van der Waals surface area contributed by atoms with Crippen molar-refractivity contribution in [1.82, 2.24) is 0 Å². The Morgan fingerprint density at radius 3 is 1.91 bits per heavy atom. The fraction of sp³-hybridized carbons (Fsp3) is 0.667. The number of rotatable bonds is 11. The number of carbonyl (C=O) groups is 1. The molecule has 2 heteroatoms. The number of aliphatic hydroxyl groups excluding tert-OH is 1. The molecule has 1 aliphatic carbocycles. The zero-order valence-corrected chi connectivity index (χ0v) is 15.3. The van der Waals surface area contributed by atoms with Gasteiger partial charge in [-0.2, -0.15) is 0 Å². The van der Waals surface area contributed by atoms with Gasteiger partial charge in [0.15, 0.2) is 5.76 Å². The van der Waals surface area contributed by atoms with Crippen molar-refractivity contribution in [3.63, 3.8) is 0 Å². The highest BCUT2D eigenvalue weighted by molar-refractivity contribution is 6.10. The summed E-state index contributed by atoms with van der Waals surface area (Å²) in [5.74, 6) is -0.274. The molecule has 0 saturated carbocycles. The fourth-order valence-corrected chi connectivity index (χ4v) is 3.31. The second-order valence-corrected chi connectivity index (χ2v) is 6.67. The van der Waals surface area contributed by atoms with Gasteiger partial charge in [0.1, 0.15) is 0 Å². The molecule has 0 aliphatic heterocycles. The maximum atomic E-state index is 12.3. The van der Waals surface area contributed by atoms with Crippen molar-refractivity contribution >= 4 is 5.78 Å². The monoisotopic (exact) mass is 318 g/mol. The highest BCUT2D eigenvalue weighted by Gasteiger charge is 2.27. The number of ketones is 1. The molecule has 23 heavy (non-hydrogen) atoms. The van der Waals surface area contributed by atoms with Crippen molar-refractivity contribution in [3.8, 4) is 0 Å². The number of hydrogen-bond acceptors (Lipinski definition) is 2. The minimum atomic E-state index is -0.175. The highest BCUT2D eigenvalue weighted by atomic mass is 16.3. The van der Waals surface area contributed by atoms with Crippen molar-refractivity contribution in [3.05, 3.63) is 34.6 Å². The van der Waals surface area contributed by atoms with Crippen LogP contribution in [-0.2, 0) is 4.79 Å². The molecule has 1 aliphatic rings. The second-order valence-electron chi connectivity index (χ2n) is 6.67. The van der Waals surface area contributed by atoms with E-state index in [9.17, 15) is 9.90 Å². The third-order valence-corrected chi connectivity index (χ3v) is 4.91. The van der Waals surface area contributed by atoms with Crippen molar-refractivity contribution in [2.45, 2.75) is 91.4 Å². The summed E-state index contributed by atoms with van der Waals surface area (Å²) < 4.78 is 0. The Kier molecular flexibility index (Phi) is 8.98. The van der Waals surface area contributed by atoms with Crippen LogP contribution in [0.5, 0.6) is 0 Å². The molecule has 0 spiro atoms. The fourth-order valence-electron chi connectivity index (χ4n) is 3.31. The molecular weight excluding hydrogens is 284 g/mol. The molecule has 0 aromatic rings. The predicted molar refractivity (Wildman–Crippen MR) is 98.6 cm³/mol. The maximum Gasteiger partial charge on any atom is 0.223 e. The third-order valence-electron chi connectivity index (χ3n) is 4.91. The van der Waals surface area contributed by atoms with Gasteiger partial charge in [-0.1, -0.05) is 71.8 Å². The molecule has 0 atom stereocenters. The first-order chi connectivity index (χ1) is 11.0. The molecule has 0 bridgehead atoms. The maximum absolute atomic E-state index is 12.3. The van der Waals surface area contributed by atoms with Gasteiger partial charge in [0, 0.05) is 11.1 Å². The van der Waals surface area contributed by atoms with Crippen molar-refractivity contribution < 1.29 is 9.90 Å². The van der Waals surface area contributed by atoms with E-state index in [1.165, 1.54) is 44.9 Å². The van der Waals surface area contributed by atoms with Gasteiger partial charge in [0.25, 0.3) is 0 Å². The normalized spacial score (nSPS) is 15.8. The van der Waals surface area contributed by atoms with Gasteiger partial charge >= 0.3 is 0 Å². The minimum absolute atomic E-state index is 0.0990. The molecule has 2 nitrogen and oxygen atoms in total. The SMILES string of the molecule is C=C1C(C)=C(O)C(=O)C(CCCCCCCCCCC)=C1CC. The lowest BCUT2D eigenvalue weighted by molar-refractivity contribution is -0.115. The average molecular weight is 319 g/mol. The Morgan fingerprint density at radius 1 is 0.870 bits per heavy atom. The Bertz CT molecular complexity index is 480. The van der Waals surface area contributed by atoms with E-state index in [-0.39, 0.29) is 11.5 Å². The van der Waals surface area contributed by atoms with Gasteiger partial charge < -0.3 is 5.11 Å². The van der Waals surface area contributed by atoms with Gasteiger partial charge in [0.2, 0.25) is 5.78 Å². The number of aliphatic hydroxyl groups is 1. The van der Waals surface area contributed by atoms with E-state index >= 15 is 0 Å². The van der Waals surface area contributed by atoms with E-state index < -0.39 is 0 Å². The van der Waals surface area contributed by atoms with Gasteiger partial charge in [-0.15, -0.1) is 0 Å². The van der Waals surface area contributed by atoms with Crippen LogP contribution in [0.1, 0.15) is 91.4 Å². The lowest BCUT2D eigenvalue weighted by Gasteiger charge is -2.22. The van der Waals surface area contributed by atoms with E-state index in [2.05, 4.69) is 20.4 Å². The number of allylic oxidation sites excluding steroid dienone is 4. The molecule has 0 amide bonds. The van der Waals surface area contributed by atoms with E-state index in [0.29, 0.717) is 5.57 Å². The van der Waals surface area contributed by atoms with Gasteiger partial charge in [-0.25, -0.2) is 0 Å². The minimum Gasteiger partial charge on any atom is -0.504 e. The highest BCUT2D eigenvalue weighted by Crippen LogP contribution is 2.34. The first kappa shape index (κ1) is 19.7. The van der Waals surface area contributed by atoms with Crippen molar-refractivity contribution in [2.75, 3.05) is 0 Å². The van der Waals surface area contributed by atoms with Crippen LogP contribution in [0.3, 0.4) is 0 Å². The summed E-state index contributed by atoms with van der Waals surface area (Å²) in [5.41, 5.74) is 3.33. The molecule has 0 aromatic carbocycles. The van der Waals surface area contributed by atoms with E-state index in [1.54, 1.807) is 6.92 Å².